The number of halogens is 1. The summed E-state index contributed by atoms with van der Waals surface area (Å²) in [5.74, 6) is 0.152. The molecule has 1 aliphatic heterocycles. The molecule has 1 aliphatic rings. The van der Waals surface area contributed by atoms with Crippen molar-refractivity contribution in [1.29, 1.82) is 0 Å². The zero-order chi connectivity index (χ0) is 21.3. The SMILES string of the molecule is CO[C@@H](C(=O)N1CCC(CCC(=O)NCc2ccc(F)cc2)CC1)c1ccccc1. The van der Waals surface area contributed by atoms with E-state index in [-0.39, 0.29) is 17.6 Å². The highest BCUT2D eigenvalue weighted by atomic mass is 19.1. The number of nitrogens with one attached hydrogen (secondary N) is 1. The molecule has 2 aromatic carbocycles. The molecule has 0 unspecified atom stereocenters. The molecule has 30 heavy (non-hydrogen) atoms. The summed E-state index contributed by atoms with van der Waals surface area (Å²) in [6.45, 7) is 1.78. The number of likely N-dealkylation sites (tertiary alicyclic amines) is 1. The largest absolute Gasteiger partial charge is 0.367 e. The van der Waals surface area contributed by atoms with Crippen molar-refractivity contribution in [1.82, 2.24) is 10.2 Å². The fourth-order valence-electron chi connectivity index (χ4n) is 3.84. The van der Waals surface area contributed by atoms with Crippen LogP contribution in [0.1, 0.15) is 42.9 Å². The number of nitrogens with zero attached hydrogens (tertiary/aromatic N) is 1. The van der Waals surface area contributed by atoms with E-state index in [0.717, 1.165) is 30.4 Å². The number of carbonyl (C=O) groups excluding carboxylic acids is 2. The lowest BCUT2D eigenvalue weighted by Crippen LogP contribution is -2.41. The minimum absolute atomic E-state index is 0.000749. The third kappa shape index (κ3) is 6.13. The van der Waals surface area contributed by atoms with Crippen molar-refractivity contribution < 1.29 is 18.7 Å². The van der Waals surface area contributed by atoms with E-state index in [1.54, 1.807) is 19.2 Å². The Morgan fingerprint density at radius 1 is 1.10 bits per heavy atom. The summed E-state index contributed by atoms with van der Waals surface area (Å²) in [6.07, 6.45) is 2.48. The molecule has 0 aliphatic carbocycles. The average molecular weight is 413 g/mol. The minimum Gasteiger partial charge on any atom is -0.367 e. The van der Waals surface area contributed by atoms with Crippen LogP contribution < -0.4 is 5.32 Å². The molecule has 0 bridgehead atoms. The van der Waals surface area contributed by atoms with E-state index in [1.807, 2.05) is 35.2 Å². The molecule has 1 saturated heterocycles. The maximum atomic E-state index is 12.9. The summed E-state index contributed by atoms with van der Waals surface area (Å²) in [6, 6.07) is 15.7. The molecule has 2 aromatic rings. The Morgan fingerprint density at radius 3 is 2.40 bits per heavy atom. The van der Waals surface area contributed by atoms with Crippen LogP contribution >= 0.6 is 0 Å². The number of hydrogen-bond acceptors (Lipinski definition) is 3. The number of amides is 2. The first kappa shape index (κ1) is 22.0. The molecule has 0 radical (unpaired) electrons. The minimum atomic E-state index is -0.569. The lowest BCUT2D eigenvalue weighted by Gasteiger charge is -2.34. The van der Waals surface area contributed by atoms with Gasteiger partial charge in [-0.25, -0.2) is 4.39 Å². The van der Waals surface area contributed by atoms with Crippen LogP contribution in [0.2, 0.25) is 0 Å². The van der Waals surface area contributed by atoms with Crippen LogP contribution in [0.4, 0.5) is 4.39 Å². The number of piperidine rings is 1. The van der Waals surface area contributed by atoms with E-state index in [1.165, 1.54) is 12.1 Å². The Morgan fingerprint density at radius 2 is 1.77 bits per heavy atom. The van der Waals surface area contributed by atoms with Gasteiger partial charge in [-0.3, -0.25) is 9.59 Å². The van der Waals surface area contributed by atoms with Crippen LogP contribution in [-0.4, -0.2) is 36.9 Å². The normalized spacial score (nSPS) is 15.6. The van der Waals surface area contributed by atoms with Gasteiger partial charge in [0.15, 0.2) is 6.10 Å². The van der Waals surface area contributed by atoms with Crippen LogP contribution in [0, 0.1) is 11.7 Å². The highest BCUT2D eigenvalue weighted by Gasteiger charge is 2.29. The highest BCUT2D eigenvalue weighted by Crippen LogP contribution is 2.26. The standard InChI is InChI=1S/C24H29FN2O3/c1-30-23(20-5-3-2-4-6-20)24(29)27-15-13-18(14-16-27)9-12-22(28)26-17-19-7-10-21(25)11-8-19/h2-8,10-11,18,23H,9,12-17H2,1H3,(H,26,28)/t23-/m1/s1. The molecule has 160 valence electrons. The van der Waals surface area contributed by atoms with Gasteiger partial charge in [0.2, 0.25) is 5.91 Å². The van der Waals surface area contributed by atoms with Crippen molar-refractivity contribution in [3.8, 4) is 0 Å². The molecule has 1 fully saturated rings. The number of methoxy groups -OCH3 is 1. The third-order valence-electron chi connectivity index (χ3n) is 5.67. The lowest BCUT2D eigenvalue weighted by molar-refractivity contribution is -0.144. The van der Waals surface area contributed by atoms with Crippen molar-refractivity contribution in [2.45, 2.75) is 38.3 Å². The Bertz CT molecular complexity index is 818. The van der Waals surface area contributed by atoms with Gasteiger partial charge in [-0.15, -0.1) is 0 Å². The van der Waals surface area contributed by atoms with Crippen molar-refractivity contribution in [2.24, 2.45) is 5.92 Å². The molecule has 1 atom stereocenters. The van der Waals surface area contributed by atoms with Crippen molar-refractivity contribution in [3.63, 3.8) is 0 Å². The predicted octanol–water partition coefficient (Wildman–Crippen LogP) is 3.85. The number of hydrogen-bond donors (Lipinski definition) is 1. The van der Waals surface area contributed by atoms with Crippen LogP contribution in [0.25, 0.3) is 0 Å². The fraction of sp³-hybridized carbons (Fsp3) is 0.417. The second-order valence-corrected chi connectivity index (χ2v) is 7.74. The lowest BCUT2D eigenvalue weighted by atomic mass is 9.91. The Hall–Kier alpha value is -2.73. The Balaban J connectivity index is 1.39. The number of benzene rings is 2. The molecule has 2 amide bonds. The van der Waals surface area contributed by atoms with Gasteiger partial charge in [0.05, 0.1) is 0 Å². The molecular formula is C24H29FN2O3. The van der Waals surface area contributed by atoms with Gasteiger partial charge in [-0.2, -0.15) is 0 Å². The van der Waals surface area contributed by atoms with Gasteiger partial charge in [0.1, 0.15) is 5.82 Å². The fourth-order valence-corrected chi connectivity index (χ4v) is 3.84. The topological polar surface area (TPSA) is 58.6 Å². The van der Waals surface area contributed by atoms with E-state index < -0.39 is 6.10 Å². The molecule has 0 saturated carbocycles. The average Bonchev–Trinajstić information content (AvgIpc) is 2.79. The van der Waals surface area contributed by atoms with Crippen molar-refractivity contribution in [3.05, 3.63) is 71.5 Å². The Labute approximate surface area is 177 Å². The van der Waals surface area contributed by atoms with Crippen molar-refractivity contribution in [2.75, 3.05) is 20.2 Å². The summed E-state index contributed by atoms with van der Waals surface area (Å²) >= 11 is 0. The van der Waals surface area contributed by atoms with Gasteiger partial charge in [0, 0.05) is 33.2 Å². The third-order valence-corrected chi connectivity index (χ3v) is 5.67. The van der Waals surface area contributed by atoms with Gasteiger partial charge < -0.3 is 15.0 Å². The van der Waals surface area contributed by atoms with E-state index >= 15 is 0 Å². The highest BCUT2D eigenvalue weighted by molar-refractivity contribution is 5.82. The first-order chi connectivity index (χ1) is 14.6. The van der Waals surface area contributed by atoms with Gasteiger partial charge in [-0.05, 0) is 48.4 Å². The second-order valence-electron chi connectivity index (χ2n) is 7.74. The van der Waals surface area contributed by atoms with Crippen LogP contribution in [-0.2, 0) is 20.9 Å². The maximum absolute atomic E-state index is 12.9. The smallest absolute Gasteiger partial charge is 0.256 e. The zero-order valence-corrected chi connectivity index (χ0v) is 17.4. The van der Waals surface area contributed by atoms with Crippen LogP contribution in [0.15, 0.2) is 54.6 Å². The van der Waals surface area contributed by atoms with E-state index in [4.69, 9.17) is 4.74 Å². The quantitative estimate of drug-likeness (QED) is 0.717. The van der Waals surface area contributed by atoms with Crippen LogP contribution in [0.3, 0.4) is 0 Å². The molecule has 5 nitrogen and oxygen atoms in total. The molecule has 1 N–H and O–H groups in total. The maximum Gasteiger partial charge on any atom is 0.256 e. The van der Waals surface area contributed by atoms with E-state index in [2.05, 4.69) is 5.32 Å². The number of rotatable bonds is 8. The van der Waals surface area contributed by atoms with Crippen LogP contribution in [0.5, 0.6) is 0 Å². The molecule has 6 heteroatoms. The van der Waals surface area contributed by atoms with Crippen molar-refractivity contribution >= 4 is 11.8 Å². The van der Waals surface area contributed by atoms with Gasteiger partial charge >= 0.3 is 0 Å². The van der Waals surface area contributed by atoms with Gasteiger partial charge in [0.25, 0.3) is 5.91 Å². The van der Waals surface area contributed by atoms with Gasteiger partial charge in [-0.1, -0.05) is 42.5 Å². The number of ether oxygens (including phenoxy) is 1. The second kappa shape index (κ2) is 10.9. The molecule has 1 heterocycles. The Kier molecular flexibility index (Phi) is 7.97. The van der Waals surface area contributed by atoms with E-state index in [9.17, 15) is 14.0 Å². The summed E-state index contributed by atoms with van der Waals surface area (Å²) in [7, 11) is 1.56. The summed E-state index contributed by atoms with van der Waals surface area (Å²) < 4.78 is 18.4. The molecule has 0 aromatic heterocycles. The molecule has 3 rings (SSSR count). The summed E-state index contributed by atoms with van der Waals surface area (Å²) in [5, 5.41) is 2.88. The first-order valence-corrected chi connectivity index (χ1v) is 10.4. The molecule has 0 spiro atoms. The monoisotopic (exact) mass is 412 g/mol. The summed E-state index contributed by atoms with van der Waals surface area (Å²) in [5.41, 5.74) is 1.74. The van der Waals surface area contributed by atoms with E-state index in [0.29, 0.717) is 32.0 Å². The number of carbonyl (C=O) groups is 2. The predicted molar refractivity (Wildman–Crippen MR) is 113 cm³/mol. The first-order valence-electron chi connectivity index (χ1n) is 10.4. The summed E-state index contributed by atoms with van der Waals surface area (Å²) in [4.78, 5) is 26.8. The zero-order valence-electron chi connectivity index (χ0n) is 17.4. The molecular weight excluding hydrogens is 383 g/mol.